The van der Waals surface area contributed by atoms with Crippen molar-refractivity contribution in [3.05, 3.63) is 65.9 Å². The Balaban J connectivity index is 1.88. The van der Waals surface area contributed by atoms with Crippen LogP contribution in [0.2, 0.25) is 0 Å². The zero-order chi connectivity index (χ0) is 14.8. The van der Waals surface area contributed by atoms with Crippen molar-refractivity contribution in [2.75, 3.05) is 0 Å². The van der Waals surface area contributed by atoms with Crippen LogP contribution in [0.15, 0.2) is 65.0 Å². The van der Waals surface area contributed by atoms with Gasteiger partial charge >= 0.3 is 0 Å². The highest BCUT2D eigenvalue weighted by Gasteiger charge is 2.22. The Kier molecular flexibility index (Phi) is 3.29. The molecule has 0 spiro atoms. The number of phenols is 2. The number of rotatable bonds is 2. The first kappa shape index (κ1) is 13.1. The minimum absolute atomic E-state index is 0.225. The first-order valence-corrected chi connectivity index (χ1v) is 6.32. The SMILES string of the molecule is Oc1ccc(C2N=NC(c3ccccc3)=CN2O)cc1O. The first-order chi connectivity index (χ1) is 10.1. The third kappa shape index (κ3) is 2.56. The number of benzene rings is 2. The molecule has 0 fully saturated rings. The minimum Gasteiger partial charge on any atom is -0.504 e. The summed E-state index contributed by atoms with van der Waals surface area (Å²) in [5.41, 5.74) is 1.89. The molecular formula is C15H13N3O3. The molecule has 1 heterocycles. The average Bonchev–Trinajstić information content (AvgIpc) is 2.51. The van der Waals surface area contributed by atoms with E-state index < -0.39 is 6.17 Å². The molecule has 3 rings (SSSR count). The molecule has 2 aromatic carbocycles. The molecular weight excluding hydrogens is 270 g/mol. The van der Waals surface area contributed by atoms with E-state index in [4.69, 9.17) is 0 Å². The van der Waals surface area contributed by atoms with Gasteiger partial charge in [-0.1, -0.05) is 36.4 Å². The van der Waals surface area contributed by atoms with Gasteiger partial charge < -0.3 is 10.2 Å². The van der Waals surface area contributed by atoms with E-state index in [1.165, 1.54) is 18.3 Å². The minimum atomic E-state index is -0.760. The van der Waals surface area contributed by atoms with Crippen LogP contribution in [-0.4, -0.2) is 20.5 Å². The number of aromatic hydroxyl groups is 2. The maximum Gasteiger partial charge on any atom is 0.191 e. The normalized spacial score (nSPS) is 17.7. The lowest BCUT2D eigenvalue weighted by molar-refractivity contribution is -0.0821. The predicted molar refractivity (Wildman–Crippen MR) is 75.4 cm³/mol. The second-order valence-electron chi connectivity index (χ2n) is 4.60. The fourth-order valence-corrected chi connectivity index (χ4v) is 2.05. The molecule has 1 unspecified atom stereocenters. The number of phenolic OH excluding ortho intramolecular Hbond substituents is 2. The van der Waals surface area contributed by atoms with Crippen molar-refractivity contribution in [2.45, 2.75) is 6.17 Å². The third-order valence-electron chi connectivity index (χ3n) is 3.15. The van der Waals surface area contributed by atoms with E-state index in [0.29, 0.717) is 11.3 Å². The van der Waals surface area contributed by atoms with Gasteiger partial charge in [0.1, 0.15) is 5.70 Å². The van der Waals surface area contributed by atoms with Crippen molar-refractivity contribution in [1.29, 1.82) is 0 Å². The zero-order valence-corrected chi connectivity index (χ0v) is 11.0. The van der Waals surface area contributed by atoms with E-state index in [1.807, 2.05) is 30.3 Å². The van der Waals surface area contributed by atoms with Crippen LogP contribution < -0.4 is 0 Å². The number of hydrogen-bond donors (Lipinski definition) is 3. The molecule has 0 saturated carbocycles. The van der Waals surface area contributed by atoms with E-state index in [2.05, 4.69) is 10.2 Å². The molecule has 21 heavy (non-hydrogen) atoms. The lowest BCUT2D eigenvalue weighted by Gasteiger charge is -2.24. The van der Waals surface area contributed by atoms with Gasteiger partial charge in [-0.25, -0.2) is 5.06 Å². The fraction of sp³-hybridized carbons (Fsp3) is 0.0667. The standard InChI is InChI=1S/C15H13N3O3/c19-13-7-6-11(8-14(13)20)15-17-16-12(9-18(15)21)10-4-2-1-3-5-10/h1-9,15,19-21H. The van der Waals surface area contributed by atoms with Crippen molar-refractivity contribution in [3.8, 4) is 11.5 Å². The largest absolute Gasteiger partial charge is 0.504 e. The molecule has 1 atom stereocenters. The number of hydroxylamine groups is 2. The Morgan fingerprint density at radius 1 is 0.952 bits per heavy atom. The van der Waals surface area contributed by atoms with Gasteiger partial charge in [0.15, 0.2) is 17.7 Å². The van der Waals surface area contributed by atoms with Crippen molar-refractivity contribution in [3.63, 3.8) is 0 Å². The van der Waals surface area contributed by atoms with Crippen LogP contribution in [0.5, 0.6) is 11.5 Å². The summed E-state index contributed by atoms with van der Waals surface area (Å²) in [7, 11) is 0. The van der Waals surface area contributed by atoms with Crippen LogP contribution in [0, 0.1) is 0 Å². The number of nitrogens with zero attached hydrogens (tertiary/aromatic N) is 3. The monoisotopic (exact) mass is 283 g/mol. The molecule has 1 aliphatic rings. The highest BCUT2D eigenvalue weighted by Crippen LogP contribution is 2.34. The molecule has 0 aliphatic carbocycles. The lowest BCUT2D eigenvalue weighted by Crippen LogP contribution is -2.20. The Labute approximate surface area is 120 Å². The fourth-order valence-electron chi connectivity index (χ4n) is 2.05. The first-order valence-electron chi connectivity index (χ1n) is 6.32. The molecule has 1 aliphatic heterocycles. The quantitative estimate of drug-likeness (QED) is 0.738. The van der Waals surface area contributed by atoms with E-state index in [9.17, 15) is 15.4 Å². The summed E-state index contributed by atoms with van der Waals surface area (Å²) in [6, 6.07) is 13.6. The smallest absolute Gasteiger partial charge is 0.191 e. The van der Waals surface area contributed by atoms with Crippen LogP contribution in [0.3, 0.4) is 0 Å². The van der Waals surface area contributed by atoms with Gasteiger partial charge in [0, 0.05) is 11.1 Å². The molecule has 3 N–H and O–H groups in total. The van der Waals surface area contributed by atoms with Gasteiger partial charge in [-0.3, -0.25) is 5.21 Å². The van der Waals surface area contributed by atoms with E-state index in [-0.39, 0.29) is 11.5 Å². The summed E-state index contributed by atoms with van der Waals surface area (Å²) in [5, 5.41) is 38.0. The molecule has 6 nitrogen and oxygen atoms in total. The highest BCUT2D eigenvalue weighted by molar-refractivity contribution is 5.64. The summed E-state index contributed by atoms with van der Waals surface area (Å²) >= 11 is 0. The maximum absolute atomic E-state index is 10.1. The Morgan fingerprint density at radius 3 is 2.38 bits per heavy atom. The van der Waals surface area contributed by atoms with Gasteiger partial charge in [0.2, 0.25) is 0 Å². The third-order valence-corrected chi connectivity index (χ3v) is 3.15. The van der Waals surface area contributed by atoms with Crippen molar-refractivity contribution in [1.82, 2.24) is 5.06 Å². The molecule has 2 aromatic rings. The van der Waals surface area contributed by atoms with E-state index in [0.717, 1.165) is 10.6 Å². The Bertz CT molecular complexity index is 713. The highest BCUT2D eigenvalue weighted by atomic mass is 16.5. The van der Waals surface area contributed by atoms with E-state index in [1.54, 1.807) is 6.07 Å². The summed E-state index contributed by atoms with van der Waals surface area (Å²) in [6.45, 7) is 0. The van der Waals surface area contributed by atoms with Crippen LogP contribution >= 0.6 is 0 Å². The number of hydrogen-bond acceptors (Lipinski definition) is 6. The molecule has 0 radical (unpaired) electrons. The Hall–Kier alpha value is -2.86. The van der Waals surface area contributed by atoms with Crippen LogP contribution in [0.1, 0.15) is 17.3 Å². The van der Waals surface area contributed by atoms with Gasteiger partial charge in [-0.05, 0) is 12.1 Å². The predicted octanol–water partition coefficient (Wildman–Crippen LogP) is 3.25. The maximum atomic E-state index is 10.1. The van der Waals surface area contributed by atoms with Gasteiger partial charge in [-0.15, -0.1) is 0 Å². The van der Waals surface area contributed by atoms with Gasteiger partial charge in [-0.2, -0.15) is 10.2 Å². The summed E-state index contributed by atoms with van der Waals surface area (Å²) in [5.74, 6) is -0.495. The van der Waals surface area contributed by atoms with Crippen LogP contribution in [0.25, 0.3) is 5.70 Å². The van der Waals surface area contributed by atoms with Crippen LogP contribution in [-0.2, 0) is 0 Å². The van der Waals surface area contributed by atoms with E-state index >= 15 is 0 Å². The second-order valence-corrected chi connectivity index (χ2v) is 4.60. The molecule has 0 bridgehead atoms. The van der Waals surface area contributed by atoms with Crippen molar-refractivity contribution >= 4 is 5.70 Å². The zero-order valence-electron chi connectivity index (χ0n) is 11.0. The molecule has 0 amide bonds. The van der Waals surface area contributed by atoms with Gasteiger partial charge in [0.25, 0.3) is 0 Å². The molecule has 106 valence electrons. The molecule has 6 heteroatoms. The average molecular weight is 283 g/mol. The summed E-state index contributed by atoms with van der Waals surface area (Å²) < 4.78 is 0. The Morgan fingerprint density at radius 2 is 1.71 bits per heavy atom. The molecule has 0 aromatic heterocycles. The second kappa shape index (κ2) is 5.26. The van der Waals surface area contributed by atoms with Crippen molar-refractivity contribution < 1.29 is 15.4 Å². The number of azo groups is 1. The van der Waals surface area contributed by atoms with Crippen molar-refractivity contribution in [2.24, 2.45) is 10.2 Å². The lowest BCUT2D eigenvalue weighted by atomic mass is 10.1. The van der Waals surface area contributed by atoms with Gasteiger partial charge in [0.05, 0.1) is 6.20 Å². The summed E-state index contributed by atoms with van der Waals surface area (Å²) in [4.78, 5) is 0. The topological polar surface area (TPSA) is 88.7 Å². The van der Waals surface area contributed by atoms with Crippen LogP contribution in [0.4, 0.5) is 0 Å². The molecule has 0 saturated heterocycles. The summed E-state index contributed by atoms with van der Waals surface area (Å²) in [6.07, 6.45) is 0.709.